The van der Waals surface area contributed by atoms with Crippen molar-refractivity contribution in [2.75, 3.05) is 17.2 Å². The van der Waals surface area contributed by atoms with Gasteiger partial charge in [0, 0.05) is 12.6 Å². The maximum absolute atomic E-state index is 11.3. The number of nitrogens with one attached hydrogen (secondary N) is 2. The van der Waals surface area contributed by atoms with Crippen molar-refractivity contribution in [1.82, 2.24) is 0 Å². The Labute approximate surface area is 119 Å². The lowest BCUT2D eigenvalue weighted by atomic mass is 10.1. The van der Waals surface area contributed by atoms with Gasteiger partial charge in [-0.15, -0.1) is 0 Å². The van der Waals surface area contributed by atoms with Crippen molar-refractivity contribution in [3.05, 3.63) is 28.3 Å². The highest BCUT2D eigenvalue weighted by atomic mass is 16.6. The minimum Gasteiger partial charge on any atom is -0.380 e. The van der Waals surface area contributed by atoms with E-state index in [0.717, 1.165) is 18.8 Å². The zero-order chi connectivity index (χ0) is 14.5. The van der Waals surface area contributed by atoms with Crippen molar-refractivity contribution in [2.45, 2.75) is 45.6 Å². The van der Waals surface area contributed by atoms with Crippen LogP contribution in [0.3, 0.4) is 0 Å². The van der Waals surface area contributed by atoms with E-state index in [1.807, 2.05) is 13.0 Å². The normalized spacial score (nSPS) is 15.7. The summed E-state index contributed by atoms with van der Waals surface area (Å²) in [6.45, 7) is 4.73. The molecule has 2 rings (SSSR count). The summed E-state index contributed by atoms with van der Waals surface area (Å²) in [7, 11) is 0. The molecule has 0 saturated heterocycles. The molecule has 0 aliphatic heterocycles. The summed E-state index contributed by atoms with van der Waals surface area (Å²) in [6, 6.07) is 5.73. The van der Waals surface area contributed by atoms with Gasteiger partial charge in [0.05, 0.1) is 4.92 Å². The zero-order valence-electron chi connectivity index (χ0n) is 12.2. The van der Waals surface area contributed by atoms with Crippen molar-refractivity contribution < 1.29 is 4.92 Å². The van der Waals surface area contributed by atoms with Crippen molar-refractivity contribution >= 4 is 17.1 Å². The third-order valence-electron chi connectivity index (χ3n) is 3.75. The summed E-state index contributed by atoms with van der Waals surface area (Å²) in [4.78, 5) is 11.0. The van der Waals surface area contributed by atoms with Crippen LogP contribution < -0.4 is 10.6 Å². The zero-order valence-corrected chi connectivity index (χ0v) is 12.2. The molecule has 0 radical (unpaired) electrons. The fraction of sp³-hybridized carbons (Fsp3) is 0.600. The van der Waals surface area contributed by atoms with Gasteiger partial charge in [-0.25, -0.2) is 0 Å². The monoisotopic (exact) mass is 277 g/mol. The molecule has 0 amide bonds. The molecular weight excluding hydrogens is 254 g/mol. The molecule has 20 heavy (non-hydrogen) atoms. The third kappa shape index (κ3) is 3.62. The lowest BCUT2D eigenvalue weighted by Crippen LogP contribution is -2.20. The third-order valence-corrected chi connectivity index (χ3v) is 3.75. The van der Waals surface area contributed by atoms with E-state index in [1.165, 1.54) is 12.8 Å². The summed E-state index contributed by atoms with van der Waals surface area (Å²) in [6.07, 6.45) is 4.70. The van der Waals surface area contributed by atoms with Crippen molar-refractivity contribution in [3.63, 3.8) is 0 Å². The van der Waals surface area contributed by atoms with Gasteiger partial charge in [0.2, 0.25) is 0 Å². The molecule has 1 unspecified atom stereocenters. The molecule has 5 heteroatoms. The Hall–Kier alpha value is -1.78. The molecule has 0 aromatic heterocycles. The van der Waals surface area contributed by atoms with Crippen LogP contribution in [0.15, 0.2) is 18.2 Å². The topological polar surface area (TPSA) is 67.2 Å². The predicted molar refractivity (Wildman–Crippen MR) is 82.3 cm³/mol. The van der Waals surface area contributed by atoms with E-state index in [1.54, 1.807) is 12.1 Å². The van der Waals surface area contributed by atoms with Crippen LogP contribution >= 0.6 is 0 Å². The first kappa shape index (κ1) is 14.6. The fourth-order valence-electron chi connectivity index (χ4n) is 2.49. The van der Waals surface area contributed by atoms with Gasteiger partial charge in [0.1, 0.15) is 11.4 Å². The van der Waals surface area contributed by atoms with Gasteiger partial charge in [-0.1, -0.05) is 25.8 Å². The summed E-state index contributed by atoms with van der Waals surface area (Å²) >= 11 is 0. The van der Waals surface area contributed by atoms with Gasteiger partial charge >= 0.3 is 5.69 Å². The second-order valence-corrected chi connectivity index (χ2v) is 5.42. The Bertz CT molecular complexity index is 472. The molecule has 1 aliphatic carbocycles. The van der Waals surface area contributed by atoms with Gasteiger partial charge in [-0.05, 0) is 37.8 Å². The van der Waals surface area contributed by atoms with Crippen LogP contribution in [-0.2, 0) is 0 Å². The molecule has 0 heterocycles. The Morgan fingerprint density at radius 3 is 2.60 bits per heavy atom. The molecule has 1 atom stereocenters. The highest BCUT2D eigenvalue weighted by Gasteiger charge is 2.26. The molecule has 0 spiro atoms. The van der Waals surface area contributed by atoms with E-state index >= 15 is 0 Å². The first-order chi connectivity index (χ1) is 9.65. The van der Waals surface area contributed by atoms with Crippen LogP contribution in [0.2, 0.25) is 0 Å². The number of nitrogens with zero attached hydrogens (tertiary/aromatic N) is 1. The van der Waals surface area contributed by atoms with Gasteiger partial charge < -0.3 is 10.6 Å². The molecule has 1 aliphatic rings. The van der Waals surface area contributed by atoms with Crippen molar-refractivity contribution in [1.29, 1.82) is 0 Å². The molecular formula is C15H23N3O2. The number of nitro benzene ring substituents is 1. The number of hydrogen-bond donors (Lipinski definition) is 2. The highest BCUT2D eigenvalue weighted by molar-refractivity contribution is 5.76. The smallest absolute Gasteiger partial charge is 0.315 e. The van der Waals surface area contributed by atoms with Crippen molar-refractivity contribution in [2.24, 2.45) is 5.92 Å². The second-order valence-electron chi connectivity index (χ2n) is 5.42. The lowest BCUT2D eigenvalue weighted by Gasteiger charge is -2.19. The standard InChI is InChI=1S/C15H23N3O2/c1-3-12(10-11-8-9-11)17-14-7-5-6-13(16-4-2)15(14)18(19)20/h5-7,11-12,16-17H,3-4,8-10H2,1-2H3. The first-order valence-electron chi connectivity index (χ1n) is 7.43. The summed E-state index contributed by atoms with van der Waals surface area (Å²) in [5.74, 6) is 0.809. The van der Waals surface area contributed by atoms with E-state index in [0.29, 0.717) is 24.0 Å². The van der Waals surface area contributed by atoms with Crippen LogP contribution in [-0.4, -0.2) is 17.5 Å². The van der Waals surface area contributed by atoms with Crippen LogP contribution in [0, 0.1) is 16.0 Å². The van der Waals surface area contributed by atoms with Crippen LogP contribution in [0.1, 0.15) is 39.5 Å². The van der Waals surface area contributed by atoms with Gasteiger partial charge in [0.15, 0.2) is 0 Å². The SMILES string of the molecule is CCNc1cccc(NC(CC)CC2CC2)c1[N+](=O)[O-]. The Balaban J connectivity index is 2.19. The van der Waals surface area contributed by atoms with E-state index in [2.05, 4.69) is 17.6 Å². The number of hydrogen-bond acceptors (Lipinski definition) is 4. The second kappa shape index (κ2) is 6.59. The average Bonchev–Trinajstić information content (AvgIpc) is 3.22. The molecule has 110 valence electrons. The van der Waals surface area contributed by atoms with Gasteiger partial charge in [-0.2, -0.15) is 0 Å². The molecule has 2 N–H and O–H groups in total. The maximum Gasteiger partial charge on any atom is 0.315 e. The summed E-state index contributed by atoms with van der Waals surface area (Å²) in [5.41, 5.74) is 1.37. The number of rotatable bonds is 8. The molecule has 5 nitrogen and oxygen atoms in total. The molecule has 0 bridgehead atoms. The number of anilines is 2. The Morgan fingerprint density at radius 1 is 1.35 bits per heavy atom. The maximum atomic E-state index is 11.3. The Kier molecular flexibility index (Phi) is 4.82. The van der Waals surface area contributed by atoms with Crippen LogP contribution in [0.25, 0.3) is 0 Å². The van der Waals surface area contributed by atoms with Crippen molar-refractivity contribution in [3.8, 4) is 0 Å². The summed E-state index contributed by atoms with van der Waals surface area (Å²) < 4.78 is 0. The Morgan fingerprint density at radius 2 is 2.05 bits per heavy atom. The van der Waals surface area contributed by atoms with E-state index in [9.17, 15) is 10.1 Å². The largest absolute Gasteiger partial charge is 0.380 e. The number of benzene rings is 1. The highest BCUT2D eigenvalue weighted by Crippen LogP contribution is 2.37. The molecule has 1 fully saturated rings. The first-order valence-corrected chi connectivity index (χ1v) is 7.43. The minimum absolute atomic E-state index is 0.156. The van der Waals surface area contributed by atoms with Crippen LogP contribution in [0.5, 0.6) is 0 Å². The summed E-state index contributed by atoms with van der Waals surface area (Å²) in [5, 5.41) is 17.8. The molecule has 1 aromatic rings. The molecule has 1 saturated carbocycles. The fourth-order valence-corrected chi connectivity index (χ4v) is 2.49. The van der Waals surface area contributed by atoms with E-state index < -0.39 is 0 Å². The lowest BCUT2D eigenvalue weighted by molar-refractivity contribution is -0.383. The van der Waals surface area contributed by atoms with Gasteiger partial charge in [-0.3, -0.25) is 10.1 Å². The van der Waals surface area contributed by atoms with E-state index in [-0.39, 0.29) is 10.6 Å². The number of para-hydroxylation sites is 1. The number of nitro groups is 1. The molecule has 1 aromatic carbocycles. The van der Waals surface area contributed by atoms with Crippen LogP contribution in [0.4, 0.5) is 17.1 Å². The van der Waals surface area contributed by atoms with Gasteiger partial charge in [0.25, 0.3) is 0 Å². The predicted octanol–water partition coefficient (Wildman–Crippen LogP) is 4.02. The quantitative estimate of drug-likeness (QED) is 0.556. The minimum atomic E-state index is -0.301. The average molecular weight is 277 g/mol. The van der Waals surface area contributed by atoms with E-state index in [4.69, 9.17) is 0 Å².